The molecule has 2 heterocycles. The molecule has 15 heavy (non-hydrogen) atoms. The maximum atomic E-state index is 6.02. The smallest absolute Gasteiger partial charge is 0.229 e. The van der Waals surface area contributed by atoms with Crippen LogP contribution in [0.4, 0.5) is 0 Å². The third-order valence-electron chi connectivity index (χ3n) is 3.05. The number of rotatable bonds is 3. The van der Waals surface area contributed by atoms with Crippen LogP contribution >= 0.6 is 0 Å². The SMILES string of the molecule is NC(c1noc(C2CC2)n1)C1CCCO1. The van der Waals surface area contributed by atoms with E-state index in [4.69, 9.17) is 15.0 Å². The number of hydrogen-bond donors (Lipinski definition) is 1. The van der Waals surface area contributed by atoms with Crippen molar-refractivity contribution in [1.29, 1.82) is 0 Å². The Morgan fingerprint density at radius 3 is 2.87 bits per heavy atom. The van der Waals surface area contributed by atoms with Gasteiger partial charge in [-0.15, -0.1) is 0 Å². The summed E-state index contributed by atoms with van der Waals surface area (Å²) in [5, 5.41) is 3.93. The summed E-state index contributed by atoms with van der Waals surface area (Å²) in [6.07, 6.45) is 4.46. The lowest BCUT2D eigenvalue weighted by molar-refractivity contribution is 0.0870. The minimum absolute atomic E-state index is 0.0645. The second-order valence-electron chi connectivity index (χ2n) is 4.34. The Morgan fingerprint density at radius 2 is 2.20 bits per heavy atom. The fourth-order valence-corrected chi connectivity index (χ4v) is 1.93. The van der Waals surface area contributed by atoms with E-state index in [0.717, 1.165) is 38.2 Å². The van der Waals surface area contributed by atoms with E-state index in [1.807, 2.05) is 0 Å². The van der Waals surface area contributed by atoms with Crippen LogP contribution in [0.2, 0.25) is 0 Å². The van der Waals surface area contributed by atoms with Gasteiger partial charge in [-0.3, -0.25) is 0 Å². The maximum Gasteiger partial charge on any atom is 0.229 e. The van der Waals surface area contributed by atoms with Crippen LogP contribution in [0.5, 0.6) is 0 Å². The number of ether oxygens (including phenoxy) is 1. The minimum Gasteiger partial charge on any atom is -0.376 e. The topological polar surface area (TPSA) is 74.2 Å². The van der Waals surface area contributed by atoms with E-state index in [1.54, 1.807) is 0 Å². The molecule has 3 rings (SSSR count). The largest absolute Gasteiger partial charge is 0.376 e. The molecule has 0 radical (unpaired) electrons. The molecular weight excluding hydrogens is 194 g/mol. The van der Waals surface area contributed by atoms with Gasteiger partial charge in [0.15, 0.2) is 5.82 Å². The van der Waals surface area contributed by atoms with E-state index in [9.17, 15) is 0 Å². The molecule has 5 nitrogen and oxygen atoms in total. The molecule has 1 saturated carbocycles. The second kappa shape index (κ2) is 3.57. The van der Waals surface area contributed by atoms with Gasteiger partial charge in [0.05, 0.1) is 12.1 Å². The molecule has 1 aliphatic carbocycles. The number of nitrogens with zero attached hydrogens (tertiary/aromatic N) is 2. The van der Waals surface area contributed by atoms with Gasteiger partial charge in [0.1, 0.15) is 0 Å². The van der Waals surface area contributed by atoms with Gasteiger partial charge in [-0.2, -0.15) is 4.98 Å². The Bertz CT molecular complexity index is 342. The summed E-state index contributed by atoms with van der Waals surface area (Å²) in [6.45, 7) is 0.797. The maximum absolute atomic E-state index is 6.02. The fourth-order valence-electron chi connectivity index (χ4n) is 1.93. The van der Waals surface area contributed by atoms with Crippen LogP contribution in [-0.2, 0) is 4.74 Å². The molecule has 1 aromatic rings. The van der Waals surface area contributed by atoms with Gasteiger partial charge in [0.2, 0.25) is 5.89 Å². The Labute approximate surface area is 88.0 Å². The molecule has 5 heteroatoms. The first-order chi connectivity index (χ1) is 7.34. The summed E-state index contributed by atoms with van der Waals surface area (Å²) in [6, 6.07) is -0.233. The van der Waals surface area contributed by atoms with Gasteiger partial charge in [-0.1, -0.05) is 5.16 Å². The van der Waals surface area contributed by atoms with E-state index < -0.39 is 0 Å². The summed E-state index contributed by atoms with van der Waals surface area (Å²) in [5.41, 5.74) is 6.02. The summed E-state index contributed by atoms with van der Waals surface area (Å²) in [7, 11) is 0. The molecule has 1 aliphatic heterocycles. The van der Waals surface area contributed by atoms with E-state index in [0.29, 0.717) is 11.7 Å². The number of nitrogens with two attached hydrogens (primary N) is 1. The zero-order chi connectivity index (χ0) is 10.3. The molecule has 0 bridgehead atoms. The highest BCUT2D eigenvalue weighted by Crippen LogP contribution is 2.39. The van der Waals surface area contributed by atoms with Crippen LogP contribution in [-0.4, -0.2) is 22.9 Å². The number of hydrogen-bond acceptors (Lipinski definition) is 5. The molecule has 1 saturated heterocycles. The molecule has 2 unspecified atom stereocenters. The van der Waals surface area contributed by atoms with Crippen molar-refractivity contribution in [3.05, 3.63) is 11.7 Å². The average Bonchev–Trinajstić information content (AvgIpc) is 2.83. The lowest BCUT2D eigenvalue weighted by Crippen LogP contribution is -2.26. The Kier molecular flexibility index (Phi) is 2.21. The minimum atomic E-state index is -0.233. The standard InChI is InChI=1S/C10H15N3O2/c11-8(7-2-1-5-14-7)9-12-10(15-13-9)6-3-4-6/h6-8H,1-5,11H2. The van der Waals surface area contributed by atoms with Gasteiger partial charge >= 0.3 is 0 Å². The van der Waals surface area contributed by atoms with Gasteiger partial charge in [-0.05, 0) is 25.7 Å². The first-order valence-electron chi connectivity index (χ1n) is 5.55. The Balaban J connectivity index is 1.72. The lowest BCUT2D eigenvalue weighted by atomic mass is 10.1. The zero-order valence-corrected chi connectivity index (χ0v) is 8.56. The van der Waals surface area contributed by atoms with Gasteiger partial charge in [-0.25, -0.2) is 0 Å². The van der Waals surface area contributed by atoms with Crippen LogP contribution in [0.15, 0.2) is 4.52 Å². The van der Waals surface area contributed by atoms with Crippen LogP contribution in [0, 0.1) is 0 Å². The van der Waals surface area contributed by atoms with Gasteiger partial charge in [0, 0.05) is 12.5 Å². The van der Waals surface area contributed by atoms with Crippen molar-refractivity contribution >= 4 is 0 Å². The van der Waals surface area contributed by atoms with Crippen molar-refractivity contribution in [2.75, 3.05) is 6.61 Å². The molecule has 0 aromatic carbocycles. The monoisotopic (exact) mass is 209 g/mol. The van der Waals surface area contributed by atoms with Crippen LogP contribution in [0.25, 0.3) is 0 Å². The molecule has 2 fully saturated rings. The van der Waals surface area contributed by atoms with Crippen molar-refractivity contribution < 1.29 is 9.26 Å². The highest BCUT2D eigenvalue weighted by molar-refractivity contribution is 5.04. The summed E-state index contributed by atoms with van der Waals surface area (Å²) >= 11 is 0. The molecule has 82 valence electrons. The van der Waals surface area contributed by atoms with Crippen molar-refractivity contribution in [3.8, 4) is 0 Å². The van der Waals surface area contributed by atoms with Crippen LogP contribution < -0.4 is 5.73 Å². The highest BCUT2D eigenvalue weighted by atomic mass is 16.5. The molecule has 1 aromatic heterocycles. The fraction of sp³-hybridized carbons (Fsp3) is 0.800. The molecule has 2 aliphatic rings. The van der Waals surface area contributed by atoms with E-state index in [2.05, 4.69) is 10.1 Å². The quantitative estimate of drug-likeness (QED) is 0.807. The third kappa shape index (κ3) is 1.77. The van der Waals surface area contributed by atoms with E-state index in [-0.39, 0.29) is 12.1 Å². The first-order valence-corrected chi connectivity index (χ1v) is 5.55. The normalized spacial score (nSPS) is 28.2. The van der Waals surface area contributed by atoms with E-state index >= 15 is 0 Å². The lowest BCUT2D eigenvalue weighted by Gasteiger charge is -2.13. The van der Waals surface area contributed by atoms with Gasteiger partial charge in [0.25, 0.3) is 0 Å². The molecule has 0 amide bonds. The molecular formula is C10H15N3O2. The second-order valence-corrected chi connectivity index (χ2v) is 4.34. The summed E-state index contributed by atoms with van der Waals surface area (Å²) < 4.78 is 10.7. The summed E-state index contributed by atoms with van der Waals surface area (Å²) in [4.78, 5) is 4.33. The first kappa shape index (κ1) is 9.30. The third-order valence-corrected chi connectivity index (χ3v) is 3.05. The van der Waals surface area contributed by atoms with Crippen LogP contribution in [0.3, 0.4) is 0 Å². The molecule has 0 spiro atoms. The van der Waals surface area contributed by atoms with Crippen molar-refractivity contribution in [1.82, 2.24) is 10.1 Å². The van der Waals surface area contributed by atoms with Crippen molar-refractivity contribution in [2.45, 2.75) is 43.7 Å². The van der Waals surface area contributed by atoms with Crippen LogP contribution in [0.1, 0.15) is 49.4 Å². The van der Waals surface area contributed by atoms with Gasteiger partial charge < -0.3 is 15.0 Å². The number of aromatic nitrogens is 2. The van der Waals surface area contributed by atoms with Crippen molar-refractivity contribution in [2.24, 2.45) is 5.73 Å². The predicted molar refractivity (Wildman–Crippen MR) is 52.2 cm³/mol. The predicted octanol–water partition coefficient (Wildman–Crippen LogP) is 1.13. The van der Waals surface area contributed by atoms with Crippen molar-refractivity contribution in [3.63, 3.8) is 0 Å². The highest BCUT2D eigenvalue weighted by Gasteiger charge is 2.32. The molecule has 2 N–H and O–H groups in total. The summed E-state index contributed by atoms with van der Waals surface area (Å²) in [5.74, 6) is 1.84. The Morgan fingerprint density at radius 1 is 1.33 bits per heavy atom. The Hall–Kier alpha value is -0.940. The zero-order valence-electron chi connectivity index (χ0n) is 8.56. The molecule has 2 atom stereocenters. The van der Waals surface area contributed by atoms with E-state index in [1.165, 1.54) is 0 Å². The average molecular weight is 209 g/mol.